The number of nitrogens with zero attached hydrogens (tertiary/aromatic N) is 1. The van der Waals surface area contributed by atoms with E-state index in [1.807, 2.05) is 24.3 Å². The Morgan fingerprint density at radius 2 is 2.21 bits per heavy atom. The van der Waals surface area contributed by atoms with Gasteiger partial charge in [0.2, 0.25) is 0 Å². The molecule has 0 bridgehead atoms. The third-order valence-corrected chi connectivity index (χ3v) is 4.12. The van der Waals surface area contributed by atoms with Crippen molar-refractivity contribution < 1.29 is 4.74 Å². The number of benzene rings is 1. The van der Waals surface area contributed by atoms with Crippen molar-refractivity contribution in [1.82, 2.24) is 5.32 Å². The maximum Gasteiger partial charge on any atom is 0.174 e. The van der Waals surface area contributed by atoms with Gasteiger partial charge in [-0.2, -0.15) is 5.26 Å². The summed E-state index contributed by atoms with van der Waals surface area (Å²) in [6.45, 7) is 6.68. The highest BCUT2D eigenvalue weighted by molar-refractivity contribution is 5.28. The zero-order chi connectivity index (χ0) is 13.7. The van der Waals surface area contributed by atoms with Crippen LogP contribution in [-0.4, -0.2) is 13.2 Å². The minimum atomic E-state index is 0.105. The van der Waals surface area contributed by atoms with Crippen LogP contribution >= 0.6 is 0 Å². The predicted molar refractivity (Wildman–Crippen MR) is 75.8 cm³/mol. The third kappa shape index (κ3) is 3.71. The van der Waals surface area contributed by atoms with Crippen molar-refractivity contribution in [3.63, 3.8) is 0 Å². The lowest BCUT2D eigenvalue weighted by atomic mass is 9.92. The lowest BCUT2D eigenvalue weighted by Gasteiger charge is -2.20. The van der Waals surface area contributed by atoms with Crippen LogP contribution in [0, 0.1) is 22.7 Å². The first-order chi connectivity index (χ1) is 9.16. The Labute approximate surface area is 115 Å². The number of ether oxygens (including phenoxy) is 1. The topological polar surface area (TPSA) is 45.0 Å². The van der Waals surface area contributed by atoms with Gasteiger partial charge in [0.1, 0.15) is 11.8 Å². The van der Waals surface area contributed by atoms with Gasteiger partial charge in [-0.05, 0) is 41.9 Å². The van der Waals surface area contributed by atoms with Gasteiger partial charge in [0.15, 0.2) is 6.61 Å². The minimum absolute atomic E-state index is 0.105. The monoisotopic (exact) mass is 258 g/mol. The van der Waals surface area contributed by atoms with E-state index in [-0.39, 0.29) is 6.61 Å². The number of rotatable bonds is 7. The maximum absolute atomic E-state index is 8.50. The van der Waals surface area contributed by atoms with E-state index in [0.29, 0.717) is 5.41 Å². The van der Waals surface area contributed by atoms with Crippen molar-refractivity contribution in [1.29, 1.82) is 5.26 Å². The Kier molecular flexibility index (Phi) is 4.44. The fourth-order valence-corrected chi connectivity index (χ4v) is 2.44. The first-order valence-electron chi connectivity index (χ1n) is 6.96. The largest absolute Gasteiger partial charge is 0.479 e. The molecule has 1 aliphatic carbocycles. The smallest absolute Gasteiger partial charge is 0.174 e. The molecular formula is C16H22N2O. The Bertz CT molecular complexity index is 458. The van der Waals surface area contributed by atoms with Crippen molar-refractivity contribution >= 4 is 0 Å². The summed E-state index contributed by atoms with van der Waals surface area (Å²) in [5, 5.41) is 12.0. The van der Waals surface area contributed by atoms with Crippen molar-refractivity contribution in [3.05, 3.63) is 29.8 Å². The molecule has 0 heterocycles. The van der Waals surface area contributed by atoms with Gasteiger partial charge in [-0.3, -0.25) is 0 Å². The maximum atomic E-state index is 8.50. The molecule has 1 saturated carbocycles. The third-order valence-electron chi connectivity index (χ3n) is 4.12. The van der Waals surface area contributed by atoms with Gasteiger partial charge in [0.25, 0.3) is 0 Å². The fraction of sp³-hybridized carbons (Fsp3) is 0.562. The van der Waals surface area contributed by atoms with Crippen LogP contribution in [0.25, 0.3) is 0 Å². The van der Waals surface area contributed by atoms with E-state index in [0.717, 1.165) is 24.8 Å². The van der Waals surface area contributed by atoms with E-state index in [2.05, 4.69) is 25.2 Å². The predicted octanol–water partition coefficient (Wildman–Crippen LogP) is 3.11. The summed E-state index contributed by atoms with van der Waals surface area (Å²) in [6.07, 6.45) is 2.70. The first-order valence-corrected chi connectivity index (χ1v) is 6.96. The summed E-state index contributed by atoms with van der Waals surface area (Å²) >= 11 is 0. The van der Waals surface area contributed by atoms with Crippen molar-refractivity contribution in [2.24, 2.45) is 11.3 Å². The molecule has 0 saturated heterocycles. The number of nitrogens with one attached hydrogen (secondary N) is 1. The van der Waals surface area contributed by atoms with Crippen LogP contribution in [0.15, 0.2) is 24.3 Å². The molecule has 19 heavy (non-hydrogen) atoms. The molecule has 0 spiro atoms. The molecule has 1 fully saturated rings. The highest BCUT2D eigenvalue weighted by atomic mass is 16.5. The summed E-state index contributed by atoms with van der Waals surface area (Å²) in [5.74, 6) is 1.52. The molecule has 1 aromatic carbocycles. The van der Waals surface area contributed by atoms with Crippen molar-refractivity contribution in [2.45, 2.75) is 33.2 Å². The normalized spacial score (nSPS) is 16.1. The van der Waals surface area contributed by atoms with Crippen molar-refractivity contribution in [2.75, 3.05) is 13.2 Å². The van der Waals surface area contributed by atoms with Gasteiger partial charge < -0.3 is 10.1 Å². The van der Waals surface area contributed by atoms with E-state index in [4.69, 9.17) is 10.00 Å². The molecule has 0 aliphatic heterocycles. The summed E-state index contributed by atoms with van der Waals surface area (Å²) in [4.78, 5) is 0. The fourth-order valence-electron chi connectivity index (χ4n) is 2.44. The summed E-state index contributed by atoms with van der Waals surface area (Å²) in [7, 11) is 0. The summed E-state index contributed by atoms with van der Waals surface area (Å²) in [5.41, 5.74) is 1.74. The molecule has 1 aromatic rings. The quantitative estimate of drug-likeness (QED) is 0.817. The van der Waals surface area contributed by atoms with Crippen LogP contribution in [0.3, 0.4) is 0 Å². The highest BCUT2D eigenvalue weighted by Crippen LogP contribution is 2.51. The number of nitriles is 1. The Morgan fingerprint density at radius 1 is 1.42 bits per heavy atom. The molecule has 0 aromatic heterocycles. The second-order valence-electron chi connectivity index (χ2n) is 5.71. The zero-order valence-electron chi connectivity index (χ0n) is 11.8. The highest BCUT2D eigenvalue weighted by Gasteiger charge is 2.44. The molecule has 0 radical (unpaired) electrons. The van der Waals surface area contributed by atoms with Crippen LogP contribution in [0.1, 0.15) is 32.3 Å². The molecule has 1 N–H and O–H groups in total. The molecule has 102 valence electrons. The zero-order valence-corrected chi connectivity index (χ0v) is 11.8. The number of hydrogen-bond acceptors (Lipinski definition) is 3. The Balaban J connectivity index is 1.81. The second kappa shape index (κ2) is 6.08. The van der Waals surface area contributed by atoms with Gasteiger partial charge in [0, 0.05) is 13.1 Å². The van der Waals surface area contributed by atoms with Crippen LogP contribution in [0.5, 0.6) is 5.75 Å². The SMILES string of the molecule is CC(C)C1(CNCc2cccc(OCC#N)c2)CC1. The molecule has 0 atom stereocenters. The Hall–Kier alpha value is -1.53. The van der Waals surface area contributed by atoms with E-state index in [9.17, 15) is 0 Å². The molecule has 3 heteroatoms. The van der Waals surface area contributed by atoms with Crippen molar-refractivity contribution in [3.8, 4) is 11.8 Å². The van der Waals surface area contributed by atoms with Crippen LogP contribution < -0.4 is 10.1 Å². The Morgan fingerprint density at radius 3 is 2.84 bits per heavy atom. The molecule has 2 rings (SSSR count). The van der Waals surface area contributed by atoms with Gasteiger partial charge in [-0.1, -0.05) is 26.0 Å². The van der Waals surface area contributed by atoms with E-state index in [1.54, 1.807) is 0 Å². The molecular weight excluding hydrogens is 236 g/mol. The molecule has 0 amide bonds. The van der Waals surface area contributed by atoms with Crippen LogP contribution in [-0.2, 0) is 6.54 Å². The first kappa shape index (κ1) is 13.9. The lowest BCUT2D eigenvalue weighted by molar-refractivity contribution is 0.337. The van der Waals surface area contributed by atoms with Gasteiger partial charge in [-0.25, -0.2) is 0 Å². The molecule has 1 aliphatic rings. The van der Waals surface area contributed by atoms with E-state index >= 15 is 0 Å². The number of hydrogen-bond donors (Lipinski definition) is 1. The standard InChI is InChI=1S/C16H22N2O/c1-13(2)16(6-7-16)12-18-11-14-4-3-5-15(10-14)19-9-8-17/h3-5,10,13,18H,6-7,9,11-12H2,1-2H3. The average Bonchev–Trinajstić information content (AvgIpc) is 3.18. The second-order valence-corrected chi connectivity index (χ2v) is 5.71. The van der Waals surface area contributed by atoms with Gasteiger partial charge >= 0.3 is 0 Å². The van der Waals surface area contributed by atoms with E-state index in [1.165, 1.54) is 18.4 Å². The van der Waals surface area contributed by atoms with Crippen LogP contribution in [0.2, 0.25) is 0 Å². The minimum Gasteiger partial charge on any atom is -0.479 e. The van der Waals surface area contributed by atoms with Gasteiger partial charge in [-0.15, -0.1) is 0 Å². The lowest BCUT2D eigenvalue weighted by Crippen LogP contribution is -2.27. The van der Waals surface area contributed by atoms with E-state index < -0.39 is 0 Å². The summed E-state index contributed by atoms with van der Waals surface area (Å²) < 4.78 is 5.30. The van der Waals surface area contributed by atoms with Crippen LogP contribution in [0.4, 0.5) is 0 Å². The summed E-state index contributed by atoms with van der Waals surface area (Å²) in [6, 6.07) is 9.92. The molecule has 3 nitrogen and oxygen atoms in total. The average molecular weight is 258 g/mol. The van der Waals surface area contributed by atoms with Gasteiger partial charge in [0.05, 0.1) is 0 Å². The molecule has 0 unspecified atom stereocenters.